The number of aryl methyl sites for hydroxylation is 2. The molecule has 2 rings (SSSR count). The molecule has 0 fully saturated rings. The van der Waals surface area contributed by atoms with Crippen LogP contribution in [0.3, 0.4) is 0 Å². The molecule has 0 atom stereocenters. The van der Waals surface area contributed by atoms with Gasteiger partial charge >= 0.3 is 0 Å². The molecule has 5 heteroatoms. The van der Waals surface area contributed by atoms with Crippen molar-refractivity contribution in [3.8, 4) is 0 Å². The average molecular weight is 387 g/mol. The lowest BCUT2D eigenvalue weighted by Crippen LogP contribution is -2.20. The summed E-state index contributed by atoms with van der Waals surface area (Å²) in [7, 11) is 0. The Morgan fingerprint density at radius 1 is 1.12 bits per heavy atom. The van der Waals surface area contributed by atoms with Crippen molar-refractivity contribution < 1.29 is 9.59 Å². The number of halogens is 1. The minimum Gasteiger partial charge on any atom is -0.348 e. The van der Waals surface area contributed by atoms with Crippen LogP contribution in [0.25, 0.3) is 0 Å². The average Bonchev–Trinajstić information content (AvgIpc) is 2.56. The van der Waals surface area contributed by atoms with E-state index in [1.54, 1.807) is 12.1 Å². The van der Waals surface area contributed by atoms with E-state index in [4.69, 9.17) is 0 Å². The van der Waals surface area contributed by atoms with Crippen LogP contribution in [-0.4, -0.2) is 11.8 Å². The molecule has 0 heterocycles. The molecule has 2 aromatic carbocycles. The highest BCUT2D eigenvalue weighted by molar-refractivity contribution is 9.10. The zero-order chi connectivity index (χ0) is 17.7. The van der Waals surface area contributed by atoms with Gasteiger partial charge in [-0.2, -0.15) is 0 Å². The van der Waals surface area contributed by atoms with Crippen LogP contribution in [0.5, 0.6) is 0 Å². The van der Waals surface area contributed by atoms with Gasteiger partial charge in [0.25, 0.3) is 5.91 Å². The van der Waals surface area contributed by atoms with Crippen LogP contribution in [0.2, 0.25) is 0 Å². The van der Waals surface area contributed by atoms with Gasteiger partial charge in [0.1, 0.15) is 0 Å². The molecule has 2 amide bonds. The van der Waals surface area contributed by atoms with Crippen LogP contribution in [0, 0.1) is 13.8 Å². The maximum Gasteiger partial charge on any atom is 0.255 e. The van der Waals surface area contributed by atoms with E-state index in [1.165, 1.54) is 6.08 Å². The van der Waals surface area contributed by atoms with Gasteiger partial charge in [-0.25, -0.2) is 0 Å². The first-order valence-electron chi connectivity index (χ1n) is 7.48. The van der Waals surface area contributed by atoms with Gasteiger partial charge in [-0.1, -0.05) is 34.6 Å². The third-order valence-corrected chi connectivity index (χ3v) is 4.06. The second-order valence-electron chi connectivity index (χ2n) is 5.49. The quantitative estimate of drug-likeness (QED) is 0.759. The van der Waals surface area contributed by atoms with Gasteiger partial charge in [0, 0.05) is 22.3 Å². The summed E-state index contributed by atoms with van der Waals surface area (Å²) in [5, 5.41) is 5.65. The van der Waals surface area contributed by atoms with Crippen molar-refractivity contribution in [1.29, 1.82) is 0 Å². The highest BCUT2D eigenvalue weighted by Crippen LogP contribution is 2.25. The Bertz CT molecular complexity index is 759. The zero-order valence-corrected chi connectivity index (χ0v) is 15.2. The molecular formula is C19H19BrN2O2. The lowest BCUT2D eigenvalue weighted by atomic mass is 10.1. The molecule has 124 valence electrons. The van der Waals surface area contributed by atoms with Gasteiger partial charge in [-0.3, -0.25) is 9.59 Å². The number of carbonyl (C=O) groups excluding carboxylic acids is 2. The number of rotatable bonds is 5. The Kier molecular flexibility index (Phi) is 5.93. The van der Waals surface area contributed by atoms with E-state index in [0.717, 1.165) is 26.9 Å². The van der Waals surface area contributed by atoms with Crippen molar-refractivity contribution in [2.45, 2.75) is 20.4 Å². The van der Waals surface area contributed by atoms with Gasteiger partial charge in [-0.05, 0) is 60.9 Å². The minimum absolute atomic E-state index is 0.162. The molecule has 0 aliphatic carbocycles. The smallest absolute Gasteiger partial charge is 0.255 e. The van der Waals surface area contributed by atoms with E-state index in [-0.39, 0.29) is 11.8 Å². The lowest BCUT2D eigenvalue weighted by molar-refractivity contribution is -0.116. The predicted octanol–water partition coefficient (Wildman–Crippen LogP) is 4.12. The first kappa shape index (κ1) is 17.9. The van der Waals surface area contributed by atoms with Crippen LogP contribution in [0.15, 0.2) is 53.5 Å². The SMILES string of the molecule is C=CC(=O)NCc1ccc(C(=O)Nc2c(C)cc(Br)cc2C)cc1. The van der Waals surface area contributed by atoms with Crippen molar-refractivity contribution in [2.24, 2.45) is 0 Å². The van der Waals surface area contributed by atoms with E-state index >= 15 is 0 Å². The number of benzene rings is 2. The second-order valence-corrected chi connectivity index (χ2v) is 6.40. The molecule has 24 heavy (non-hydrogen) atoms. The van der Waals surface area contributed by atoms with E-state index in [0.29, 0.717) is 12.1 Å². The van der Waals surface area contributed by atoms with E-state index in [9.17, 15) is 9.59 Å². The van der Waals surface area contributed by atoms with Crippen molar-refractivity contribution in [3.63, 3.8) is 0 Å². The van der Waals surface area contributed by atoms with Crippen LogP contribution in [0.1, 0.15) is 27.0 Å². The predicted molar refractivity (Wildman–Crippen MR) is 100 cm³/mol. The molecule has 0 radical (unpaired) electrons. The summed E-state index contributed by atoms with van der Waals surface area (Å²) < 4.78 is 0.987. The molecule has 0 saturated carbocycles. The molecule has 0 unspecified atom stereocenters. The number of anilines is 1. The van der Waals surface area contributed by atoms with Crippen LogP contribution in [-0.2, 0) is 11.3 Å². The van der Waals surface area contributed by atoms with Gasteiger partial charge in [-0.15, -0.1) is 0 Å². The first-order valence-corrected chi connectivity index (χ1v) is 8.27. The second kappa shape index (κ2) is 7.93. The Hall–Kier alpha value is -2.40. The fourth-order valence-electron chi connectivity index (χ4n) is 2.33. The van der Waals surface area contributed by atoms with Crippen molar-refractivity contribution >= 4 is 33.4 Å². The summed E-state index contributed by atoms with van der Waals surface area (Å²) in [5.41, 5.74) is 4.30. The van der Waals surface area contributed by atoms with Crippen molar-refractivity contribution in [3.05, 3.63) is 75.8 Å². The topological polar surface area (TPSA) is 58.2 Å². The van der Waals surface area contributed by atoms with Gasteiger partial charge in [0.05, 0.1) is 0 Å². The minimum atomic E-state index is -0.224. The first-order chi connectivity index (χ1) is 11.4. The fraction of sp³-hybridized carbons (Fsp3) is 0.158. The molecule has 4 nitrogen and oxygen atoms in total. The number of hydrogen-bond acceptors (Lipinski definition) is 2. The molecule has 0 saturated heterocycles. The summed E-state index contributed by atoms with van der Waals surface area (Å²) >= 11 is 3.45. The standard InChI is InChI=1S/C19H19BrN2O2/c1-4-17(23)21-11-14-5-7-15(8-6-14)19(24)22-18-12(2)9-16(20)10-13(18)3/h4-10H,1,11H2,2-3H3,(H,21,23)(H,22,24). The summed E-state index contributed by atoms with van der Waals surface area (Å²) in [6.45, 7) is 7.72. The van der Waals surface area contributed by atoms with Crippen LogP contribution >= 0.6 is 15.9 Å². The zero-order valence-electron chi connectivity index (χ0n) is 13.7. The Balaban J connectivity index is 2.08. The van der Waals surface area contributed by atoms with Crippen molar-refractivity contribution in [2.75, 3.05) is 5.32 Å². The molecule has 0 aliphatic rings. The van der Waals surface area contributed by atoms with E-state index in [2.05, 4.69) is 33.1 Å². The number of amides is 2. The maximum atomic E-state index is 12.4. The Labute approximate surface area is 150 Å². The molecule has 2 N–H and O–H groups in total. The summed E-state index contributed by atoms with van der Waals surface area (Å²) in [5.74, 6) is -0.386. The molecule has 0 aromatic heterocycles. The monoisotopic (exact) mass is 386 g/mol. The van der Waals surface area contributed by atoms with Gasteiger partial charge in [0.2, 0.25) is 5.91 Å². The molecule has 2 aromatic rings. The molecule has 0 bridgehead atoms. The molecule has 0 spiro atoms. The number of nitrogens with one attached hydrogen (secondary N) is 2. The van der Waals surface area contributed by atoms with Crippen LogP contribution < -0.4 is 10.6 Å². The third kappa shape index (κ3) is 4.55. The highest BCUT2D eigenvalue weighted by atomic mass is 79.9. The van der Waals surface area contributed by atoms with E-state index in [1.807, 2.05) is 38.1 Å². The summed E-state index contributed by atoms with van der Waals surface area (Å²) in [6.07, 6.45) is 1.23. The van der Waals surface area contributed by atoms with Gasteiger partial charge < -0.3 is 10.6 Å². The van der Waals surface area contributed by atoms with Gasteiger partial charge in [0.15, 0.2) is 0 Å². The largest absolute Gasteiger partial charge is 0.348 e. The number of hydrogen-bond donors (Lipinski definition) is 2. The Morgan fingerprint density at radius 2 is 1.71 bits per heavy atom. The number of carbonyl (C=O) groups is 2. The Morgan fingerprint density at radius 3 is 2.25 bits per heavy atom. The third-order valence-electron chi connectivity index (χ3n) is 3.60. The maximum absolute atomic E-state index is 12.4. The summed E-state index contributed by atoms with van der Waals surface area (Å²) in [6, 6.07) is 11.1. The van der Waals surface area contributed by atoms with E-state index < -0.39 is 0 Å². The normalized spacial score (nSPS) is 10.1. The lowest BCUT2D eigenvalue weighted by Gasteiger charge is -2.12. The molecular weight excluding hydrogens is 368 g/mol. The highest BCUT2D eigenvalue weighted by Gasteiger charge is 2.10. The summed E-state index contributed by atoms with van der Waals surface area (Å²) in [4.78, 5) is 23.6. The van der Waals surface area contributed by atoms with Crippen LogP contribution in [0.4, 0.5) is 5.69 Å². The molecule has 0 aliphatic heterocycles. The van der Waals surface area contributed by atoms with Crippen molar-refractivity contribution in [1.82, 2.24) is 5.32 Å². The fourth-order valence-corrected chi connectivity index (χ4v) is 3.02.